The Hall–Kier alpha value is -2.19. The molecule has 1 unspecified atom stereocenters. The van der Waals surface area contributed by atoms with Crippen LogP contribution < -0.4 is 4.90 Å². The Labute approximate surface area is 124 Å². The maximum atomic E-state index is 12.4. The van der Waals surface area contributed by atoms with Crippen molar-refractivity contribution in [2.75, 3.05) is 24.6 Å². The first-order valence-electron chi connectivity index (χ1n) is 6.66. The van der Waals surface area contributed by atoms with Gasteiger partial charge < -0.3 is 9.64 Å². The lowest BCUT2D eigenvalue weighted by Crippen LogP contribution is -2.45. The maximum Gasteiger partial charge on any atom is 0.419 e. The van der Waals surface area contributed by atoms with Gasteiger partial charge in [0.2, 0.25) is 5.95 Å². The largest absolute Gasteiger partial charge is 0.465 e. The van der Waals surface area contributed by atoms with Gasteiger partial charge in [0.05, 0.1) is 18.7 Å². The van der Waals surface area contributed by atoms with Crippen molar-refractivity contribution in [2.45, 2.75) is 19.5 Å². The summed E-state index contributed by atoms with van der Waals surface area (Å²) in [6.07, 6.45) is -2.94. The molecule has 0 aliphatic carbocycles. The first-order chi connectivity index (χ1) is 10.3. The zero-order chi connectivity index (χ0) is 16.3. The monoisotopic (exact) mass is 317 g/mol. The van der Waals surface area contributed by atoms with Gasteiger partial charge in [-0.1, -0.05) is 0 Å². The number of ether oxygens (including phenoxy) is 1. The van der Waals surface area contributed by atoms with Gasteiger partial charge >= 0.3 is 12.1 Å². The van der Waals surface area contributed by atoms with E-state index in [2.05, 4.69) is 9.97 Å². The van der Waals surface area contributed by atoms with Crippen LogP contribution in [-0.4, -0.2) is 41.4 Å². The van der Waals surface area contributed by atoms with Gasteiger partial charge in [0.25, 0.3) is 0 Å². The minimum atomic E-state index is -4.51. The smallest absolute Gasteiger partial charge is 0.419 e. The van der Waals surface area contributed by atoms with Gasteiger partial charge in [-0.3, -0.25) is 9.59 Å². The zero-order valence-corrected chi connectivity index (χ0v) is 11.8. The van der Waals surface area contributed by atoms with Gasteiger partial charge in [-0.25, -0.2) is 9.97 Å². The summed E-state index contributed by atoms with van der Waals surface area (Å²) in [4.78, 5) is 32.2. The number of alkyl halides is 3. The van der Waals surface area contributed by atoms with Crippen LogP contribution in [0.25, 0.3) is 0 Å². The van der Waals surface area contributed by atoms with Crippen molar-refractivity contribution in [3.63, 3.8) is 0 Å². The minimum Gasteiger partial charge on any atom is -0.465 e. The van der Waals surface area contributed by atoms with Crippen molar-refractivity contribution in [1.82, 2.24) is 9.97 Å². The molecule has 120 valence electrons. The number of esters is 1. The lowest BCUT2D eigenvalue weighted by molar-refractivity contribution is -0.152. The Morgan fingerprint density at radius 1 is 1.41 bits per heavy atom. The van der Waals surface area contributed by atoms with Crippen LogP contribution in [0.3, 0.4) is 0 Å². The number of aromatic nitrogens is 2. The number of nitrogens with zero attached hydrogens (tertiary/aromatic N) is 3. The second-order valence-electron chi connectivity index (χ2n) is 4.75. The molecule has 1 aromatic rings. The molecule has 22 heavy (non-hydrogen) atoms. The number of carbonyl (C=O) groups excluding carboxylic acids is 2. The van der Waals surface area contributed by atoms with E-state index < -0.39 is 23.6 Å². The molecule has 6 nitrogen and oxygen atoms in total. The molecule has 1 atom stereocenters. The molecule has 1 aromatic heterocycles. The summed E-state index contributed by atoms with van der Waals surface area (Å²) in [5.74, 6) is -1.72. The van der Waals surface area contributed by atoms with E-state index in [1.54, 1.807) is 6.92 Å². The number of Topliss-reactive ketones (excluding diaryl/α,β-unsaturated/α-hetero) is 1. The van der Waals surface area contributed by atoms with E-state index >= 15 is 0 Å². The number of piperidine rings is 1. The SMILES string of the molecule is CCOC(=O)C1CCN(c2ncc(C(F)(F)F)cn2)CC1=O. The molecular formula is C13H14F3N3O3. The Morgan fingerprint density at radius 3 is 2.55 bits per heavy atom. The Morgan fingerprint density at radius 2 is 2.05 bits per heavy atom. The first kappa shape index (κ1) is 16.2. The highest BCUT2D eigenvalue weighted by atomic mass is 19.4. The summed E-state index contributed by atoms with van der Waals surface area (Å²) < 4.78 is 42.1. The van der Waals surface area contributed by atoms with E-state index in [-0.39, 0.29) is 31.3 Å². The molecular weight excluding hydrogens is 303 g/mol. The van der Waals surface area contributed by atoms with Crippen molar-refractivity contribution in [3.05, 3.63) is 18.0 Å². The third kappa shape index (κ3) is 3.52. The summed E-state index contributed by atoms with van der Waals surface area (Å²) in [5, 5.41) is 0. The predicted molar refractivity (Wildman–Crippen MR) is 69.0 cm³/mol. The molecule has 1 saturated heterocycles. The molecule has 0 saturated carbocycles. The lowest BCUT2D eigenvalue weighted by Gasteiger charge is -2.29. The third-order valence-electron chi connectivity index (χ3n) is 3.24. The Balaban J connectivity index is 2.04. The molecule has 1 aliphatic heterocycles. The standard InChI is InChI=1S/C13H14F3N3O3/c1-2-22-11(21)9-3-4-19(7-10(9)20)12-17-5-8(6-18-12)13(14,15)16/h5-6,9H,2-4,7H2,1H3. The molecule has 9 heteroatoms. The topological polar surface area (TPSA) is 72.4 Å². The number of anilines is 1. The molecule has 1 aliphatic rings. The minimum absolute atomic E-state index is 0.0312. The number of hydrogen-bond acceptors (Lipinski definition) is 6. The average Bonchev–Trinajstić information content (AvgIpc) is 2.46. The zero-order valence-electron chi connectivity index (χ0n) is 11.8. The van der Waals surface area contributed by atoms with Gasteiger partial charge in [0, 0.05) is 18.9 Å². The second kappa shape index (κ2) is 6.29. The van der Waals surface area contributed by atoms with Gasteiger partial charge in [-0.15, -0.1) is 0 Å². The normalized spacial score (nSPS) is 19.2. The van der Waals surface area contributed by atoms with E-state index in [9.17, 15) is 22.8 Å². The molecule has 0 aromatic carbocycles. The first-order valence-corrected chi connectivity index (χ1v) is 6.66. The lowest BCUT2D eigenvalue weighted by atomic mass is 9.96. The van der Waals surface area contributed by atoms with Gasteiger partial charge in [-0.2, -0.15) is 13.2 Å². The average molecular weight is 317 g/mol. The third-order valence-corrected chi connectivity index (χ3v) is 3.24. The van der Waals surface area contributed by atoms with E-state index in [0.29, 0.717) is 18.9 Å². The Kier molecular flexibility index (Phi) is 4.62. The number of carbonyl (C=O) groups is 2. The van der Waals surface area contributed by atoms with Crippen LogP contribution in [0.5, 0.6) is 0 Å². The van der Waals surface area contributed by atoms with Gasteiger partial charge in [0.15, 0.2) is 5.78 Å². The number of halogens is 3. The number of ketones is 1. The van der Waals surface area contributed by atoms with E-state index in [1.165, 1.54) is 4.90 Å². The summed E-state index contributed by atoms with van der Waals surface area (Å²) >= 11 is 0. The van der Waals surface area contributed by atoms with Gasteiger partial charge in [-0.05, 0) is 13.3 Å². The fraction of sp³-hybridized carbons (Fsp3) is 0.538. The predicted octanol–water partition coefficient (Wildman–Crippen LogP) is 1.45. The number of hydrogen-bond donors (Lipinski definition) is 0. The molecule has 2 rings (SSSR count). The van der Waals surface area contributed by atoms with E-state index in [1.807, 2.05) is 0 Å². The van der Waals surface area contributed by atoms with Crippen LogP contribution in [0.15, 0.2) is 12.4 Å². The molecule has 1 fully saturated rings. The summed E-state index contributed by atoms with van der Waals surface area (Å²) in [7, 11) is 0. The highest BCUT2D eigenvalue weighted by molar-refractivity contribution is 6.01. The van der Waals surface area contributed by atoms with Crippen LogP contribution in [0.2, 0.25) is 0 Å². The fourth-order valence-electron chi connectivity index (χ4n) is 2.12. The van der Waals surface area contributed by atoms with E-state index in [0.717, 1.165) is 0 Å². The van der Waals surface area contributed by atoms with Crippen molar-refractivity contribution in [1.29, 1.82) is 0 Å². The fourth-order valence-corrected chi connectivity index (χ4v) is 2.12. The Bertz CT molecular complexity index is 560. The highest BCUT2D eigenvalue weighted by Crippen LogP contribution is 2.28. The molecule has 0 spiro atoms. The highest BCUT2D eigenvalue weighted by Gasteiger charge is 2.35. The van der Waals surface area contributed by atoms with Crippen LogP contribution in [0.1, 0.15) is 18.9 Å². The summed E-state index contributed by atoms with van der Waals surface area (Å²) in [5.41, 5.74) is -0.955. The van der Waals surface area contributed by atoms with E-state index in [4.69, 9.17) is 4.74 Å². The van der Waals surface area contributed by atoms with Crippen LogP contribution >= 0.6 is 0 Å². The van der Waals surface area contributed by atoms with Crippen molar-refractivity contribution in [2.24, 2.45) is 5.92 Å². The molecule has 0 bridgehead atoms. The van der Waals surface area contributed by atoms with Crippen LogP contribution in [-0.2, 0) is 20.5 Å². The van der Waals surface area contributed by atoms with Crippen LogP contribution in [0, 0.1) is 5.92 Å². The molecule has 0 amide bonds. The maximum absolute atomic E-state index is 12.4. The molecule has 0 radical (unpaired) electrons. The van der Waals surface area contributed by atoms with Crippen molar-refractivity contribution in [3.8, 4) is 0 Å². The molecule has 0 N–H and O–H groups in total. The second-order valence-corrected chi connectivity index (χ2v) is 4.75. The van der Waals surface area contributed by atoms with Crippen molar-refractivity contribution < 1.29 is 27.5 Å². The quantitative estimate of drug-likeness (QED) is 0.621. The number of rotatable bonds is 3. The van der Waals surface area contributed by atoms with Crippen molar-refractivity contribution >= 4 is 17.7 Å². The summed E-state index contributed by atoms with van der Waals surface area (Å²) in [6.45, 7) is 2.00. The summed E-state index contributed by atoms with van der Waals surface area (Å²) in [6, 6.07) is 0. The molecule has 2 heterocycles. The van der Waals surface area contributed by atoms with Crippen LogP contribution in [0.4, 0.5) is 19.1 Å². The van der Waals surface area contributed by atoms with Gasteiger partial charge in [0.1, 0.15) is 5.92 Å².